The van der Waals surface area contributed by atoms with E-state index in [4.69, 9.17) is 23.2 Å². The van der Waals surface area contributed by atoms with Crippen LogP contribution in [0.2, 0.25) is 10.0 Å². The first-order valence-corrected chi connectivity index (χ1v) is 16.0. The van der Waals surface area contributed by atoms with E-state index in [1.807, 2.05) is 27.0 Å². The third-order valence-electron chi connectivity index (χ3n) is 6.18. The Bertz CT molecular complexity index is 1450. The molecule has 0 spiro atoms. The molecule has 0 aromatic heterocycles. The minimum atomic E-state index is -4.13. The Labute approximate surface area is 250 Å². The van der Waals surface area contributed by atoms with Gasteiger partial charge in [-0.1, -0.05) is 47.0 Å². The summed E-state index contributed by atoms with van der Waals surface area (Å²) in [6.07, 6.45) is 1.90. The number of hydrogen-bond acceptors (Lipinski definition) is 5. The van der Waals surface area contributed by atoms with Crippen molar-refractivity contribution in [1.82, 2.24) is 10.2 Å². The lowest BCUT2D eigenvalue weighted by atomic mass is 10.1. The van der Waals surface area contributed by atoms with Gasteiger partial charge in [-0.3, -0.25) is 13.9 Å². The zero-order chi connectivity index (χ0) is 29.6. The predicted octanol–water partition coefficient (Wildman–Crippen LogP) is 6.16. The van der Waals surface area contributed by atoms with E-state index in [-0.39, 0.29) is 23.4 Å². The number of halogens is 2. The van der Waals surface area contributed by atoms with Gasteiger partial charge in [0.05, 0.1) is 20.6 Å². The number of amides is 2. The van der Waals surface area contributed by atoms with Crippen LogP contribution in [0.25, 0.3) is 0 Å². The number of rotatable bonds is 11. The number of carbonyl (C=O) groups excluding carboxylic acids is 2. The second-order valence-corrected chi connectivity index (χ2v) is 13.2. The second-order valence-electron chi connectivity index (χ2n) is 9.63. The fourth-order valence-corrected chi connectivity index (χ4v) is 6.08. The number of benzene rings is 3. The molecule has 1 unspecified atom stereocenters. The summed E-state index contributed by atoms with van der Waals surface area (Å²) in [5.74, 6) is -0.914. The van der Waals surface area contributed by atoms with Gasteiger partial charge < -0.3 is 10.2 Å². The lowest BCUT2D eigenvalue weighted by Crippen LogP contribution is -2.52. The highest BCUT2D eigenvalue weighted by molar-refractivity contribution is 7.98. The summed E-state index contributed by atoms with van der Waals surface area (Å²) in [6, 6.07) is 17.3. The van der Waals surface area contributed by atoms with Gasteiger partial charge in [0.15, 0.2) is 0 Å². The Kier molecular flexibility index (Phi) is 10.9. The van der Waals surface area contributed by atoms with Crippen LogP contribution >= 0.6 is 35.0 Å². The third kappa shape index (κ3) is 7.94. The van der Waals surface area contributed by atoms with Crippen LogP contribution in [0.15, 0.2) is 76.5 Å². The molecule has 0 aliphatic carbocycles. The van der Waals surface area contributed by atoms with E-state index in [2.05, 4.69) is 5.32 Å². The van der Waals surface area contributed by atoms with Crippen LogP contribution in [-0.2, 0) is 26.2 Å². The van der Waals surface area contributed by atoms with E-state index in [9.17, 15) is 18.0 Å². The second kappa shape index (κ2) is 13.8. The maximum Gasteiger partial charge on any atom is 0.264 e. The maximum absolute atomic E-state index is 13.9. The van der Waals surface area contributed by atoms with Crippen LogP contribution < -0.4 is 9.62 Å². The summed E-state index contributed by atoms with van der Waals surface area (Å²) in [4.78, 5) is 29.3. The van der Waals surface area contributed by atoms with Crippen LogP contribution in [-0.4, -0.2) is 50.0 Å². The lowest BCUT2D eigenvalue weighted by Gasteiger charge is -2.32. The minimum absolute atomic E-state index is 0.0204. The number of carbonyl (C=O) groups is 2. The highest BCUT2D eigenvalue weighted by Crippen LogP contribution is 2.27. The zero-order valence-electron chi connectivity index (χ0n) is 23.0. The number of aryl methyl sites for hydroxylation is 1. The van der Waals surface area contributed by atoms with Crippen LogP contribution in [0.5, 0.6) is 0 Å². The summed E-state index contributed by atoms with van der Waals surface area (Å²) in [5.41, 5.74) is 1.92. The zero-order valence-corrected chi connectivity index (χ0v) is 26.2. The van der Waals surface area contributed by atoms with Crippen LogP contribution in [0.1, 0.15) is 31.9 Å². The molecule has 1 N–H and O–H groups in total. The first-order valence-electron chi connectivity index (χ1n) is 12.6. The number of nitrogens with one attached hydrogen (secondary N) is 1. The van der Waals surface area contributed by atoms with Gasteiger partial charge in [0.1, 0.15) is 12.6 Å². The Morgan fingerprint density at radius 1 is 0.925 bits per heavy atom. The van der Waals surface area contributed by atoms with Gasteiger partial charge in [-0.25, -0.2) is 8.42 Å². The lowest BCUT2D eigenvalue weighted by molar-refractivity contribution is -0.139. The first-order chi connectivity index (χ1) is 18.8. The predicted molar refractivity (Wildman–Crippen MR) is 164 cm³/mol. The standard InChI is InChI=1S/C29H33Cl2N3O4S2/c1-19(2)32-29(36)21(4)33(17-22-8-15-26(30)27(31)16-22)28(35)18-34(23-9-6-20(3)7-10-23)40(37,38)25-13-11-24(39-5)12-14-25/h6-16,19,21H,17-18H2,1-5H3,(H,32,36). The Morgan fingerprint density at radius 2 is 1.55 bits per heavy atom. The van der Waals surface area contributed by atoms with Gasteiger partial charge in [0.2, 0.25) is 11.8 Å². The molecule has 1 atom stereocenters. The Balaban J connectivity index is 2.04. The Morgan fingerprint density at radius 3 is 2.10 bits per heavy atom. The molecule has 0 saturated carbocycles. The van der Waals surface area contributed by atoms with E-state index < -0.39 is 28.5 Å². The summed E-state index contributed by atoms with van der Waals surface area (Å²) in [7, 11) is -4.13. The first kappa shape index (κ1) is 31.8. The fourth-order valence-electron chi connectivity index (χ4n) is 3.94. The monoisotopic (exact) mass is 621 g/mol. The number of anilines is 1. The molecule has 7 nitrogen and oxygen atoms in total. The summed E-state index contributed by atoms with van der Waals surface area (Å²) in [5, 5.41) is 3.50. The van der Waals surface area contributed by atoms with Gasteiger partial charge >= 0.3 is 0 Å². The highest BCUT2D eigenvalue weighted by Gasteiger charge is 2.32. The smallest absolute Gasteiger partial charge is 0.264 e. The molecule has 0 bridgehead atoms. The molecule has 0 aliphatic heterocycles. The summed E-state index contributed by atoms with van der Waals surface area (Å²) >= 11 is 13.8. The molecule has 2 amide bonds. The van der Waals surface area contributed by atoms with Crippen molar-refractivity contribution < 1.29 is 18.0 Å². The number of nitrogens with zero attached hydrogens (tertiary/aromatic N) is 2. The quantitative estimate of drug-likeness (QED) is 0.259. The SMILES string of the molecule is CSc1ccc(S(=O)(=O)N(CC(=O)N(Cc2ccc(Cl)c(Cl)c2)C(C)C(=O)NC(C)C)c2ccc(C)cc2)cc1. The normalized spacial score (nSPS) is 12.2. The van der Waals surface area contributed by atoms with Gasteiger partial charge in [0, 0.05) is 17.5 Å². The number of thioether (sulfide) groups is 1. The molecule has 0 heterocycles. The average Bonchev–Trinajstić information content (AvgIpc) is 2.92. The van der Waals surface area contributed by atoms with E-state index in [0.29, 0.717) is 21.3 Å². The topological polar surface area (TPSA) is 86.8 Å². The van der Waals surface area contributed by atoms with Crippen molar-refractivity contribution in [3.63, 3.8) is 0 Å². The van der Waals surface area contributed by atoms with Crippen LogP contribution in [0.4, 0.5) is 5.69 Å². The van der Waals surface area contributed by atoms with E-state index >= 15 is 0 Å². The van der Waals surface area contributed by atoms with Crippen LogP contribution in [0, 0.1) is 6.92 Å². The van der Waals surface area contributed by atoms with Crippen LogP contribution in [0.3, 0.4) is 0 Å². The average molecular weight is 623 g/mol. The molecular weight excluding hydrogens is 589 g/mol. The molecule has 3 aromatic carbocycles. The van der Waals surface area contributed by atoms with Gasteiger partial charge in [-0.15, -0.1) is 11.8 Å². The number of hydrogen-bond donors (Lipinski definition) is 1. The molecule has 40 heavy (non-hydrogen) atoms. The summed E-state index contributed by atoms with van der Waals surface area (Å²) in [6.45, 7) is 6.65. The minimum Gasteiger partial charge on any atom is -0.352 e. The molecule has 3 aromatic rings. The maximum atomic E-state index is 13.9. The molecule has 0 fully saturated rings. The van der Waals surface area contributed by atoms with E-state index in [1.165, 1.54) is 28.8 Å². The molecule has 11 heteroatoms. The van der Waals surface area contributed by atoms with Gasteiger partial charge in [-0.05, 0) is 88.0 Å². The van der Waals surface area contributed by atoms with Gasteiger partial charge in [0.25, 0.3) is 10.0 Å². The largest absolute Gasteiger partial charge is 0.352 e. The summed E-state index contributed by atoms with van der Waals surface area (Å²) < 4.78 is 28.9. The van der Waals surface area contributed by atoms with E-state index in [0.717, 1.165) is 14.8 Å². The van der Waals surface area contributed by atoms with Crippen molar-refractivity contribution in [3.05, 3.63) is 87.9 Å². The van der Waals surface area contributed by atoms with Crippen molar-refractivity contribution >= 4 is 62.5 Å². The van der Waals surface area contributed by atoms with E-state index in [1.54, 1.807) is 61.5 Å². The van der Waals surface area contributed by atoms with Crippen molar-refractivity contribution in [3.8, 4) is 0 Å². The molecular formula is C29H33Cl2N3O4S2. The van der Waals surface area contributed by atoms with Crippen molar-refractivity contribution in [2.24, 2.45) is 0 Å². The van der Waals surface area contributed by atoms with Crippen molar-refractivity contribution in [2.45, 2.75) is 56.1 Å². The van der Waals surface area contributed by atoms with Gasteiger partial charge in [-0.2, -0.15) is 0 Å². The van der Waals surface area contributed by atoms with Crippen molar-refractivity contribution in [2.75, 3.05) is 17.1 Å². The Hall–Kier alpha value is -2.72. The molecule has 3 rings (SSSR count). The highest BCUT2D eigenvalue weighted by atomic mass is 35.5. The third-order valence-corrected chi connectivity index (χ3v) is 9.45. The molecule has 0 aliphatic rings. The number of sulfonamides is 1. The molecule has 0 radical (unpaired) electrons. The van der Waals surface area contributed by atoms with Crippen molar-refractivity contribution in [1.29, 1.82) is 0 Å². The fraction of sp³-hybridized carbons (Fsp3) is 0.310. The molecule has 0 saturated heterocycles. The molecule has 214 valence electrons.